The third kappa shape index (κ3) is 50.6. The molecule has 0 aliphatic rings. The zero-order chi connectivity index (χ0) is 48.5. The molecule has 0 fully saturated rings. The Bertz CT molecular complexity index is 1390. The van der Waals surface area contributed by atoms with E-state index < -0.39 is 26.5 Å². The van der Waals surface area contributed by atoms with Crippen LogP contribution in [0, 0.1) is 0 Å². The summed E-state index contributed by atoms with van der Waals surface area (Å²) in [7, 11) is 1.46. The fourth-order valence-corrected chi connectivity index (χ4v) is 7.58. The second-order valence-corrected chi connectivity index (χ2v) is 20.0. The van der Waals surface area contributed by atoms with Crippen LogP contribution in [0.25, 0.3) is 0 Å². The Morgan fingerprint density at radius 3 is 1.29 bits per heavy atom. The van der Waals surface area contributed by atoms with Gasteiger partial charge in [-0.1, -0.05) is 189 Å². The quantitative estimate of drug-likeness (QED) is 0.0211. The number of allylic oxidation sites excluding steroid dienone is 14. The molecule has 0 spiro atoms. The zero-order valence-electron chi connectivity index (χ0n) is 42.9. The maximum atomic E-state index is 12.8. The largest absolute Gasteiger partial charge is 0.472 e. The minimum atomic E-state index is -4.39. The molecule has 0 bridgehead atoms. The van der Waals surface area contributed by atoms with Crippen molar-refractivity contribution in [2.24, 2.45) is 0 Å². The van der Waals surface area contributed by atoms with Crippen LogP contribution in [0.4, 0.5) is 0 Å². The smallest absolute Gasteiger partial charge is 0.462 e. The molecule has 0 aromatic rings. The van der Waals surface area contributed by atoms with Gasteiger partial charge in [0, 0.05) is 12.8 Å². The molecule has 0 heterocycles. The summed E-state index contributed by atoms with van der Waals surface area (Å²) < 4.78 is 34.5. The first-order chi connectivity index (χ1) is 32.0. The van der Waals surface area contributed by atoms with E-state index in [0.717, 1.165) is 96.3 Å². The number of phosphoric ester groups is 1. The second kappa shape index (κ2) is 47.3. The van der Waals surface area contributed by atoms with Gasteiger partial charge in [0.25, 0.3) is 0 Å². The highest BCUT2D eigenvalue weighted by atomic mass is 31.2. The van der Waals surface area contributed by atoms with Crippen LogP contribution in [0.15, 0.2) is 85.1 Å². The van der Waals surface area contributed by atoms with Gasteiger partial charge in [0.05, 0.1) is 27.7 Å². The normalized spacial score (nSPS) is 14.1. The second-order valence-electron chi connectivity index (χ2n) is 18.5. The summed E-state index contributed by atoms with van der Waals surface area (Å²) >= 11 is 0. The highest BCUT2D eigenvalue weighted by Gasteiger charge is 2.27. The Morgan fingerprint density at radius 1 is 0.485 bits per heavy atom. The average Bonchev–Trinajstić information content (AvgIpc) is 3.27. The lowest BCUT2D eigenvalue weighted by Crippen LogP contribution is -2.37. The van der Waals surface area contributed by atoms with Gasteiger partial charge in [-0.2, -0.15) is 0 Å². The predicted molar refractivity (Wildman–Crippen MR) is 279 cm³/mol. The molecule has 1 N–H and O–H groups in total. The van der Waals surface area contributed by atoms with E-state index in [4.69, 9.17) is 18.5 Å². The maximum Gasteiger partial charge on any atom is 0.472 e. The number of rotatable bonds is 47. The first-order valence-corrected chi connectivity index (χ1v) is 27.8. The van der Waals surface area contributed by atoms with Gasteiger partial charge in [0.15, 0.2) is 6.10 Å². The lowest BCUT2D eigenvalue weighted by Gasteiger charge is -2.24. The number of ether oxygens (including phenoxy) is 2. The number of carbonyl (C=O) groups excluding carboxylic acids is 2. The van der Waals surface area contributed by atoms with E-state index in [2.05, 4.69) is 98.9 Å². The highest BCUT2D eigenvalue weighted by molar-refractivity contribution is 7.47. The summed E-state index contributed by atoms with van der Waals surface area (Å²) in [5.41, 5.74) is 0. The lowest BCUT2D eigenvalue weighted by atomic mass is 10.0. The summed E-state index contributed by atoms with van der Waals surface area (Å²) in [4.78, 5) is 35.6. The Kier molecular flexibility index (Phi) is 45.3. The molecule has 0 aromatic heterocycles. The van der Waals surface area contributed by atoms with Crippen LogP contribution in [0.1, 0.15) is 206 Å². The topological polar surface area (TPSA) is 108 Å². The summed E-state index contributed by atoms with van der Waals surface area (Å²) in [5.74, 6) is -0.820. The molecule has 9 nitrogen and oxygen atoms in total. The van der Waals surface area contributed by atoms with E-state index in [9.17, 15) is 19.0 Å². The van der Waals surface area contributed by atoms with Gasteiger partial charge in [0.1, 0.15) is 19.8 Å². The van der Waals surface area contributed by atoms with Crippen molar-refractivity contribution in [3.8, 4) is 0 Å². The van der Waals surface area contributed by atoms with Gasteiger partial charge in [-0.15, -0.1) is 0 Å². The molecule has 0 aromatic carbocycles. The number of unbranched alkanes of at least 4 members (excludes halogenated alkanes) is 19. The van der Waals surface area contributed by atoms with E-state index in [1.807, 2.05) is 21.1 Å². The van der Waals surface area contributed by atoms with Gasteiger partial charge in [-0.25, -0.2) is 4.57 Å². The summed E-state index contributed by atoms with van der Waals surface area (Å²) in [6.07, 6.45) is 62.0. The number of hydrogen-bond donors (Lipinski definition) is 1. The molecule has 380 valence electrons. The molecule has 10 heteroatoms. The first kappa shape index (κ1) is 63.2. The van der Waals surface area contributed by atoms with Gasteiger partial charge in [0.2, 0.25) is 0 Å². The van der Waals surface area contributed by atoms with Crippen LogP contribution in [0.5, 0.6) is 0 Å². The molecular formula is C56H99NO8P+. The van der Waals surface area contributed by atoms with Crippen LogP contribution in [-0.2, 0) is 32.7 Å². The van der Waals surface area contributed by atoms with E-state index in [0.29, 0.717) is 17.4 Å². The number of quaternary nitrogens is 1. The molecule has 2 unspecified atom stereocenters. The number of carbonyl (C=O) groups is 2. The minimum absolute atomic E-state index is 0.0244. The van der Waals surface area contributed by atoms with Gasteiger partial charge in [-0.05, 0) is 89.9 Å². The van der Waals surface area contributed by atoms with E-state index in [-0.39, 0.29) is 32.0 Å². The molecule has 66 heavy (non-hydrogen) atoms. The van der Waals surface area contributed by atoms with Crippen molar-refractivity contribution in [2.75, 3.05) is 47.5 Å². The third-order valence-electron chi connectivity index (χ3n) is 10.9. The molecule has 0 amide bonds. The fourth-order valence-electron chi connectivity index (χ4n) is 6.84. The third-order valence-corrected chi connectivity index (χ3v) is 11.9. The lowest BCUT2D eigenvalue weighted by molar-refractivity contribution is -0.870. The van der Waals surface area contributed by atoms with E-state index in [1.165, 1.54) is 77.0 Å². The number of esters is 2. The standard InChI is InChI=1S/C56H98NO8P/c1-6-8-10-12-14-16-18-20-22-24-26-27-28-29-31-33-35-37-39-41-43-45-47-49-56(59)65-54(53-64-66(60,61)63-51-50-57(3,4)5)52-62-55(58)48-46-44-42-40-38-36-34-32-30-25-23-21-19-17-15-13-11-9-7-2/h8,10,14-17,20-23,26-27,30,32,54H,6-7,9,11-13,18-19,24-25,28-29,31,33-53H2,1-5H3/p+1/b10-8-,16-14-,17-15-,22-20-,23-21-,27-26-,32-30-. The number of nitrogens with zero attached hydrogens (tertiary/aromatic N) is 1. The number of phosphoric acid groups is 1. The monoisotopic (exact) mass is 945 g/mol. The average molecular weight is 945 g/mol. The zero-order valence-corrected chi connectivity index (χ0v) is 43.8. The number of hydrogen-bond acceptors (Lipinski definition) is 7. The fraction of sp³-hybridized carbons (Fsp3) is 0.714. The van der Waals surface area contributed by atoms with Crippen molar-refractivity contribution in [3.05, 3.63) is 85.1 Å². The van der Waals surface area contributed by atoms with Gasteiger partial charge >= 0.3 is 19.8 Å². The molecule has 0 aliphatic heterocycles. The minimum Gasteiger partial charge on any atom is -0.462 e. The molecule has 0 saturated heterocycles. The van der Waals surface area contributed by atoms with Gasteiger partial charge < -0.3 is 18.9 Å². The molecule has 0 aliphatic carbocycles. The van der Waals surface area contributed by atoms with Gasteiger partial charge in [-0.3, -0.25) is 18.6 Å². The van der Waals surface area contributed by atoms with Crippen molar-refractivity contribution >= 4 is 19.8 Å². The predicted octanol–water partition coefficient (Wildman–Crippen LogP) is 15.9. The molecule has 0 saturated carbocycles. The molecular weight excluding hydrogens is 846 g/mol. The van der Waals surface area contributed by atoms with Crippen LogP contribution in [0.3, 0.4) is 0 Å². The summed E-state index contributed by atoms with van der Waals surface area (Å²) in [6.45, 7) is 4.27. The molecule has 2 atom stereocenters. The van der Waals surface area contributed by atoms with Crippen LogP contribution in [0.2, 0.25) is 0 Å². The Morgan fingerprint density at radius 2 is 0.864 bits per heavy atom. The van der Waals surface area contributed by atoms with Crippen molar-refractivity contribution in [2.45, 2.75) is 213 Å². The van der Waals surface area contributed by atoms with Crippen molar-refractivity contribution in [1.29, 1.82) is 0 Å². The summed E-state index contributed by atoms with van der Waals surface area (Å²) in [5, 5.41) is 0. The van der Waals surface area contributed by atoms with Crippen molar-refractivity contribution in [3.63, 3.8) is 0 Å². The maximum absolute atomic E-state index is 12.8. The Labute approximate surface area is 405 Å². The Balaban J connectivity index is 4.28. The Hall–Kier alpha value is -2.81. The van der Waals surface area contributed by atoms with Crippen molar-refractivity contribution in [1.82, 2.24) is 0 Å². The molecule has 0 rings (SSSR count). The first-order valence-electron chi connectivity index (χ1n) is 26.3. The van der Waals surface area contributed by atoms with Crippen LogP contribution >= 0.6 is 7.82 Å². The van der Waals surface area contributed by atoms with E-state index in [1.54, 1.807) is 0 Å². The van der Waals surface area contributed by atoms with Crippen molar-refractivity contribution < 1.29 is 42.1 Å². The molecule has 0 radical (unpaired) electrons. The van der Waals surface area contributed by atoms with Crippen LogP contribution in [-0.4, -0.2) is 74.9 Å². The number of likely N-dealkylation sites (N-methyl/N-ethyl adjacent to an activating group) is 1. The van der Waals surface area contributed by atoms with E-state index >= 15 is 0 Å². The SMILES string of the molecule is CC/C=C\C/C=C\C/C=C\C/C=C\CCCCCCCCCCCCC(=O)OC(COC(=O)CCCCCCCC/C=C\C/C=C\C/C=C\CCCCC)COP(=O)(O)OCC[N+](C)(C)C. The summed E-state index contributed by atoms with van der Waals surface area (Å²) in [6, 6.07) is 0. The van der Waals surface area contributed by atoms with Crippen LogP contribution < -0.4 is 0 Å². The highest BCUT2D eigenvalue weighted by Crippen LogP contribution is 2.43.